The summed E-state index contributed by atoms with van der Waals surface area (Å²) in [4.78, 5) is 6.17. The van der Waals surface area contributed by atoms with Gasteiger partial charge >= 0.3 is 0 Å². The van der Waals surface area contributed by atoms with Crippen LogP contribution in [0.15, 0.2) is 11.4 Å². The van der Waals surface area contributed by atoms with Crippen LogP contribution in [0.5, 0.6) is 0 Å². The van der Waals surface area contributed by atoms with E-state index in [9.17, 15) is 0 Å². The molecule has 1 rings (SSSR count). The van der Waals surface area contributed by atoms with Gasteiger partial charge in [-0.15, -0.1) is 5.10 Å². The first-order valence-electron chi connectivity index (χ1n) is 5.21. The number of nitrogens with zero attached hydrogens (tertiary/aromatic N) is 5. The van der Waals surface area contributed by atoms with Crippen LogP contribution in [0.25, 0.3) is 5.57 Å². The average Bonchev–Trinajstić information content (AvgIpc) is 2.29. The fourth-order valence-electron chi connectivity index (χ4n) is 1.21. The lowest BCUT2D eigenvalue weighted by Gasteiger charge is -2.08. The molecule has 0 radical (unpaired) electrons. The summed E-state index contributed by atoms with van der Waals surface area (Å²) in [5.74, 6) is 0.878. The summed E-state index contributed by atoms with van der Waals surface area (Å²) in [5, 5.41) is 17.7. The largest absolute Gasteiger partial charge is 0.382 e. The van der Waals surface area contributed by atoms with Gasteiger partial charge in [0.05, 0.1) is 11.3 Å². The zero-order valence-corrected chi connectivity index (χ0v) is 11.2. The fourth-order valence-corrected chi connectivity index (χ4v) is 1.72. The van der Waals surface area contributed by atoms with Crippen LogP contribution in [-0.2, 0) is 0 Å². The Morgan fingerprint density at radius 2 is 2.18 bits per heavy atom. The monoisotopic (exact) mass is 249 g/mol. The molecule has 0 aromatic carbocycles. The lowest BCUT2D eigenvalue weighted by molar-refractivity contribution is 0.565. The SMILES string of the molecule is CCSc1nnc(C)c(/C(C#N)=C/N(C)C)n1. The van der Waals surface area contributed by atoms with Crippen LogP contribution in [0.1, 0.15) is 18.3 Å². The van der Waals surface area contributed by atoms with Crippen molar-refractivity contribution < 1.29 is 0 Å². The van der Waals surface area contributed by atoms with Crippen LogP contribution >= 0.6 is 11.8 Å². The van der Waals surface area contributed by atoms with Crippen molar-refractivity contribution in [1.29, 1.82) is 5.26 Å². The zero-order chi connectivity index (χ0) is 12.8. The molecule has 0 saturated carbocycles. The number of aryl methyl sites for hydroxylation is 1. The molecule has 1 aromatic heterocycles. The van der Waals surface area contributed by atoms with Crippen molar-refractivity contribution in [3.05, 3.63) is 17.6 Å². The van der Waals surface area contributed by atoms with Crippen LogP contribution in [0.3, 0.4) is 0 Å². The number of nitriles is 1. The van der Waals surface area contributed by atoms with Crippen molar-refractivity contribution in [3.8, 4) is 6.07 Å². The van der Waals surface area contributed by atoms with Crippen LogP contribution < -0.4 is 0 Å². The van der Waals surface area contributed by atoms with Gasteiger partial charge in [0.2, 0.25) is 5.16 Å². The van der Waals surface area contributed by atoms with E-state index in [4.69, 9.17) is 5.26 Å². The standard InChI is InChI=1S/C11H15N5S/c1-5-17-11-13-10(8(2)14-15-11)9(6-12)7-16(3)4/h7H,5H2,1-4H3/b9-7+. The van der Waals surface area contributed by atoms with Gasteiger partial charge in [-0.05, 0) is 12.7 Å². The van der Waals surface area contributed by atoms with Crippen molar-refractivity contribution in [2.24, 2.45) is 0 Å². The van der Waals surface area contributed by atoms with Crippen molar-refractivity contribution in [3.63, 3.8) is 0 Å². The third-order valence-corrected chi connectivity index (χ3v) is 2.59. The smallest absolute Gasteiger partial charge is 0.209 e. The Morgan fingerprint density at radius 3 is 2.71 bits per heavy atom. The van der Waals surface area contributed by atoms with E-state index in [2.05, 4.69) is 21.3 Å². The molecule has 1 aromatic rings. The maximum Gasteiger partial charge on any atom is 0.209 e. The zero-order valence-electron chi connectivity index (χ0n) is 10.4. The summed E-state index contributed by atoms with van der Waals surface area (Å²) in [6.07, 6.45) is 1.73. The van der Waals surface area contributed by atoms with Crippen LogP contribution in [0.2, 0.25) is 0 Å². The molecule has 0 amide bonds. The second kappa shape index (κ2) is 6.21. The normalized spacial score (nSPS) is 11.1. The molecule has 0 aliphatic rings. The minimum Gasteiger partial charge on any atom is -0.382 e. The number of allylic oxidation sites excluding steroid dienone is 1. The van der Waals surface area contributed by atoms with Gasteiger partial charge in [-0.25, -0.2) is 4.98 Å². The minimum absolute atomic E-state index is 0.500. The Kier molecular flexibility index (Phi) is 4.91. The molecule has 0 aliphatic carbocycles. The van der Waals surface area contributed by atoms with E-state index in [0.717, 1.165) is 5.75 Å². The number of thioether (sulfide) groups is 1. The second-order valence-corrected chi connectivity index (χ2v) is 4.81. The molecule has 0 saturated heterocycles. The van der Waals surface area contributed by atoms with Gasteiger partial charge in [0, 0.05) is 20.3 Å². The van der Waals surface area contributed by atoms with E-state index in [1.165, 1.54) is 11.8 Å². The molecule has 17 heavy (non-hydrogen) atoms. The Hall–Kier alpha value is -1.61. The predicted molar refractivity (Wildman–Crippen MR) is 68.2 cm³/mol. The van der Waals surface area contributed by atoms with E-state index in [-0.39, 0.29) is 0 Å². The average molecular weight is 249 g/mol. The van der Waals surface area contributed by atoms with Crippen molar-refractivity contribution in [2.45, 2.75) is 19.0 Å². The Morgan fingerprint density at radius 1 is 1.47 bits per heavy atom. The molecule has 6 heteroatoms. The highest BCUT2D eigenvalue weighted by atomic mass is 32.2. The summed E-state index contributed by atoms with van der Waals surface area (Å²) in [6, 6.07) is 2.14. The van der Waals surface area contributed by atoms with Crippen LogP contribution in [0.4, 0.5) is 0 Å². The quantitative estimate of drug-likeness (QED) is 0.598. The summed E-state index contributed by atoms with van der Waals surface area (Å²) < 4.78 is 0. The van der Waals surface area contributed by atoms with E-state index in [0.29, 0.717) is 22.1 Å². The first-order chi connectivity index (χ1) is 8.08. The lowest BCUT2D eigenvalue weighted by atomic mass is 10.2. The summed E-state index contributed by atoms with van der Waals surface area (Å²) in [7, 11) is 3.73. The summed E-state index contributed by atoms with van der Waals surface area (Å²) in [5.41, 5.74) is 1.77. The maximum atomic E-state index is 9.13. The molecule has 1 heterocycles. The third kappa shape index (κ3) is 3.71. The van der Waals surface area contributed by atoms with E-state index in [1.54, 1.807) is 13.1 Å². The lowest BCUT2D eigenvalue weighted by Crippen LogP contribution is -2.06. The molecular formula is C11H15N5S. The summed E-state index contributed by atoms with van der Waals surface area (Å²) >= 11 is 1.51. The van der Waals surface area contributed by atoms with Crippen molar-refractivity contribution in [2.75, 3.05) is 19.8 Å². The Labute approximate surface area is 106 Å². The predicted octanol–water partition coefficient (Wildman–Crippen LogP) is 1.72. The van der Waals surface area contributed by atoms with E-state index >= 15 is 0 Å². The van der Waals surface area contributed by atoms with Crippen molar-refractivity contribution >= 4 is 17.3 Å². The first kappa shape index (κ1) is 13.5. The summed E-state index contributed by atoms with van der Waals surface area (Å²) in [6.45, 7) is 3.82. The second-order valence-electron chi connectivity index (χ2n) is 3.58. The number of hydrogen-bond acceptors (Lipinski definition) is 6. The highest BCUT2D eigenvalue weighted by Gasteiger charge is 2.10. The van der Waals surface area contributed by atoms with Gasteiger partial charge in [0.15, 0.2) is 0 Å². The van der Waals surface area contributed by atoms with Gasteiger partial charge in [-0.1, -0.05) is 18.7 Å². The van der Waals surface area contributed by atoms with Gasteiger partial charge in [-0.2, -0.15) is 10.4 Å². The number of aromatic nitrogens is 3. The number of hydrogen-bond donors (Lipinski definition) is 0. The van der Waals surface area contributed by atoms with Crippen LogP contribution in [-0.4, -0.2) is 39.9 Å². The first-order valence-corrected chi connectivity index (χ1v) is 6.19. The van der Waals surface area contributed by atoms with Gasteiger partial charge < -0.3 is 4.90 Å². The highest BCUT2D eigenvalue weighted by molar-refractivity contribution is 7.99. The maximum absolute atomic E-state index is 9.13. The minimum atomic E-state index is 0.500. The topological polar surface area (TPSA) is 65.7 Å². The molecule has 0 bridgehead atoms. The molecule has 0 N–H and O–H groups in total. The van der Waals surface area contributed by atoms with E-state index in [1.807, 2.05) is 25.9 Å². The van der Waals surface area contributed by atoms with Crippen LogP contribution in [0, 0.1) is 18.3 Å². The molecule has 0 fully saturated rings. The van der Waals surface area contributed by atoms with E-state index < -0.39 is 0 Å². The number of rotatable bonds is 4. The van der Waals surface area contributed by atoms with Gasteiger partial charge in [0.1, 0.15) is 11.8 Å². The molecular weight excluding hydrogens is 234 g/mol. The van der Waals surface area contributed by atoms with Crippen molar-refractivity contribution in [1.82, 2.24) is 20.1 Å². The van der Waals surface area contributed by atoms with Gasteiger partial charge in [0.25, 0.3) is 0 Å². The third-order valence-electron chi connectivity index (χ3n) is 1.87. The highest BCUT2D eigenvalue weighted by Crippen LogP contribution is 2.18. The Bertz CT molecular complexity index is 461. The fraction of sp³-hybridized carbons (Fsp3) is 0.455. The Balaban J connectivity index is 3.19. The molecule has 0 spiro atoms. The molecule has 5 nitrogen and oxygen atoms in total. The molecule has 90 valence electrons. The molecule has 0 aliphatic heterocycles. The molecule has 0 unspecified atom stereocenters. The van der Waals surface area contributed by atoms with Gasteiger partial charge in [-0.3, -0.25) is 0 Å². The molecule has 0 atom stereocenters.